The molecule has 1 N–H and O–H groups in total. The quantitative estimate of drug-likeness (QED) is 0.166. The summed E-state index contributed by atoms with van der Waals surface area (Å²) in [6.07, 6.45) is 0.917. The summed E-state index contributed by atoms with van der Waals surface area (Å²) in [7, 11) is -4.22. The van der Waals surface area contributed by atoms with Crippen molar-refractivity contribution in [3.63, 3.8) is 0 Å². The zero-order chi connectivity index (χ0) is 32.6. The third-order valence-electron chi connectivity index (χ3n) is 7.63. The molecule has 0 saturated heterocycles. The van der Waals surface area contributed by atoms with E-state index in [9.17, 15) is 18.0 Å². The van der Waals surface area contributed by atoms with Crippen molar-refractivity contribution in [3.8, 4) is 0 Å². The van der Waals surface area contributed by atoms with Crippen molar-refractivity contribution in [1.82, 2.24) is 10.2 Å². The van der Waals surface area contributed by atoms with Gasteiger partial charge in [-0.2, -0.15) is 0 Å². The van der Waals surface area contributed by atoms with Gasteiger partial charge in [0.15, 0.2) is 0 Å². The molecule has 0 heterocycles. The van der Waals surface area contributed by atoms with Crippen LogP contribution in [-0.4, -0.2) is 43.8 Å². The smallest absolute Gasteiger partial charge is 0.264 e. The van der Waals surface area contributed by atoms with Crippen LogP contribution in [0.25, 0.3) is 0 Å². The first-order valence-electron chi connectivity index (χ1n) is 14.7. The SMILES string of the molecule is CC[C@@H](C)NC(=O)[C@@H](Cc1ccccc1)N(Cc1cccc(Cl)c1)C(=O)CN(c1cccc(Cl)c1C)S(=O)(=O)c1ccccc1. The van der Waals surface area contributed by atoms with Gasteiger partial charge in [-0.05, 0) is 73.4 Å². The molecule has 4 rings (SSSR count). The summed E-state index contributed by atoms with van der Waals surface area (Å²) in [4.78, 5) is 29.9. The Labute approximate surface area is 275 Å². The first-order valence-corrected chi connectivity index (χ1v) is 16.9. The molecule has 0 aromatic heterocycles. The lowest BCUT2D eigenvalue weighted by molar-refractivity contribution is -0.140. The number of sulfonamides is 1. The molecule has 0 aliphatic rings. The third kappa shape index (κ3) is 8.66. The van der Waals surface area contributed by atoms with E-state index in [2.05, 4.69) is 5.32 Å². The lowest BCUT2D eigenvalue weighted by Crippen LogP contribution is -2.54. The van der Waals surface area contributed by atoms with Gasteiger partial charge < -0.3 is 10.2 Å². The number of amides is 2. The van der Waals surface area contributed by atoms with Gasteiger partial charge in [0.25, 0.3) is 10.0 Å². The second kappa shape index (κ2) is 15.4. The van der Waals surface area contributed by atoms with E-state index in [1.807, 2.05) is 50.2 Å². The maximum Gasteiger partial charge on any atom is 0.264 e. The molecule has 45 heavy (non-hydrogen) atoms. The molecule has 2 atom stereocenters. The van der Waals surface area contributed by atoms with Gasteiger partial charge in [0, 0.05) is 29.1 Å². The highest BCUT2D eigenvalue weighted by molar-refractivity contribution is 7.92. The fourth-order valence-corrected chi connectivity index (χ4v) is 6.80. The van der Waals surface area contributed by atoms with Crippen LogP contribution in [-0.2, 0) is 32.6 Å². The molecule has 4 aromatic carbocycles. The Morgan fingerprint density at radius 2 is 1.47 bits per heavy atom. The number of halogens is 2. The summed E-state index contributed by atoms with van der Waals surface area (Å²) < 4.78 is 29.4. The van der Waals surface area contributed by atoms with E-state index in [1.54, 1.807) is 61.5 Å². The van der Waals surface area contributed by atoms with Crippen LogP contribution in [0.4, 0.5) is 5.69 Å². The number of rotatable bonds is 13. The van der Waals surface area contributed by atoms with Crippen LogP contribution < -0.4 is 9.62 Å². The molecule has 236 valence electrons. The summed E-state index contributed by atoms with van der Waals surface area (Å²) in [5, 5.41) is 3.87. The molecule has 4 aromatic rings. The molecule has 2 amide bonds. The molecule has 0 saturated carbocycles. The van der Waals surface area contributed by atoms with E-state index in [1.165, 1.54) is 17.0 Å². The molecular weight excluding hydrogens is 629 g/mol. The van der Waals surface area contributed by atoms with E-state index < -0.39 is 28.5 Å². The number of nitrogens with one attached hydrogen (secondary N) is 1. The minimum absolute atomic E-state index is 0.0221. The van der Waals surface area contributed by atoms with Crippen LogP contribution in [0.3, 0.4) is 0 Å². The second-order valence-electron chi connectivity index (χ2n) is 10.9. The average molecular weight is 667 g/mol. The van der Waals surface area contributed by atoms with Crippen molar-refractivity contribution in [2.24, 2.45) is 0 Å². The van der Waals surface area contributed by atoms with Gasteiger partial charge in [-0.1, -0.05) is 96.9 Å². The highest BCUT2D eigenvalue weighted by atomic mass is 35.5. The lowest BCUT2D eigenvalue weighted by Gasteiger charge is -2.34. The Hall–Kier alpha value is -3.85. The monoisotopic (exact) mass is 665 g/mol. The third-order valence-corrected chi connectivity index (χ3v) is 10.1. The van der Waals surface area contributed by atoms with Crippen molar-refractivity contribution in [2.45, 2.75) is 57.1 Å². The predicted octanol–water partition coefficient (Wildman–Crippen LogP) is 7.05. The number of anilines is 1. The highest BCUT2D eigenvalue weighted by Crippen LogP contribution is 2.31. The van der Waals surface area contributed by atoms with E-state index in [4.69, 9.17) is 23.2 Å². The van der Waals surface area contributed by atoms with E-state index >= 15 is 0 Å². The molecule has 0 unspecified atom stereocenters. The van der Waals surface area contributed by atoms with Crippen LogP contribution >= 0.6 is 23.2 Å². The number of hydrogen-bond donors (Lipinski definition) is 1. The van der Waals surface area contributed by atoms with Crippen LogP contribution in [0, 0.1) is 6.92 Å². The summed E-state index contributed by atoms with van der Waals surface area (Å²) >= 11 is 12.7. The van der Waals surface area contributed by atoms with Gasteiger partial charge in [-0.3, -0.25) is 13.9 Å². The van der Waals surface area contributed by atoms with Gasteiger partial charge in [-0.25, -0.2) is 8.42 Å². The molecule has 0 aliphatic heterocycles. The molecular formula is C35H37Cl2N3O4S. The highest BCUT2D eigenvalue weighted by Gasteiger charge is 2.35. The van der Waals surface area contributed by atoms with Crippen LogP contribution in [0.5, 0.6) is 0 Å². The van der Waals surface area contributed by atoms with Gasteiger partial charge in [0.1, 0.15) is 12.6 Å². The molecule has 7 nitrogen and oxygen atoms in total. The first kappa shape index (κ1) is 34.0. The largest absolute Gasteiger partial charge is 0.352 e. The van der Waals surface area contributed by atoms with Crippen molar-refractivity contribution >= 4 is 50.7 Å². The Morgan fingerprint density at radius 1 is 0.844 bits per heavy atom. The molecule has 0 radical (unpaired) electrons. The van der Waals surface area contributed by atoms with E-state index in [0.29, 0.717) is 27.6 Å². The van der Waals surface area contributed by atoms with Crippen LogP contribution in [0.2, 0.25) is 10.0 Å². The van der Waals surface area contributed by atoms with Crippen LogP contribution in [0.15, 0.2) is 108 Å². The minimum Gasteiger partial charge on any atom is -0.352 e. The molecule has 0 fully saturated rings. The van der Waals surface area contributed by atoms with Crippen molar-refractivity contribution < 1.29 is 18.0 Å². The van der Waals surface area contributed by atoms with Gasteiger partial charge >= 0.3 is 0 Å². The zero-order valence-corrected chi connectivity index (χ0v) is 27.8. The summed E-state index contributed by atoms with van der Waals surface area (Å²) in [5.74, 6) is -0.894. The van der Waals surface area contributed by atoms with Crippen molar-refractivity contribution in [2.75, 3.05) is 10.8 Å². The standard InChI is InChI=1S/C35H37Cl2N3O4S/c1-4-25(2)38-35(42)33(22-27-13-7-5-8-14-27)39(23-28-15-11-16-29(36)21-28)34(41)24-40(32-20-12-19-31(37)26(32)3)45(43,44)30-17-9-6-10-18-30/h5-21,25,33H,4,22-24H2,1-3H3,(H,38,42)/t25-,33-/m1/s1. The fourth-order valence-electron chi connectivity index (χ4n) is 4.93. The van der Waals surface area contributed by atoms with Gasteiger partial charge in [-0.15, -0.1) is 0 Å². The summed E-state index contributed by atoms with van der Waals surface area (Å²) in [5.41, 5.74) is 2.32. The normalized spacial score (nSPS) is 12.6. The minimum atomic E-state index is -4.22. The van der Waals surface area contributed by atoms with E-state index in [0.717, 1.165) is 9.87 Å². The Bertz CT molecular complexity index is 1720. The fraction of sp³-hybridized carbons (Fsp3) is 0.257. The molecule has 0 aliphatic carbocycles. The van der Waals surface area contributed by atoms with Crippen LogP contribution in [0.1, 0.15) is 37.0 Å². The van der Waals surface area contributed by atoms with Crippen molar-refractivity contribution in [3.05, 3.63) is 130 Å². The Morgan fingerprint density at radius 3 is 2.11 bits per heavy atom. The maximum atomic E-state index is 14.6. The second-order valence-corrected chi connectivity index (χ2v) is 13.6. The lowest BCUT2D eigenvalue weighted by atomic mass is 10.0. The molecule has 0 spiro atoms. The van der Waals surface area contributed by atoms with Crippen molar-refractivity contribution in [1.29, 1.82) is 0 Å². The molecule has 10 heteroatoms. The van der Waals surface area contributed by atoms with E-state index in [-0.39, 0.29) is 35.5 Å². The summed E-state index contributed by atoms with van der Waals surface area (Å²) in [6, 6.07) is 28.2. The zero-order valence-electron chi connectivity index (χ0n) is 25.5. The predicted molar refractivity (Wildman–Crippen MR) is 181 cm³/mol. The summed E-state index contributed by atoms with van der Waals surface area (Å²) in [6.45, 7) is 5.03. The maximum absolute atomic E-state index is 14.6. The number of hydrogen-bond acceptors (Lipinski definition) is 4. The molecule has 0 bridgehead atoms. The Kier molecular flexibility index (Phi) is 11.7. The number of benzene rings is 4. The first-order chi connectivity index (χ1) is 21.5. The topological polar surface area (TPSA) is 86.8 Å². The van der Waals surface area contributed by atoms with Gasteiger partial charge in [0.2, 0.25) is 11.8 Å². The number of nitrogens with zero attached hydrogens (tertiary/aromatic N) is 2. The number of carbonyl (C=O) groups excluding carboxylic acids is 2. The Balaban J connectivity index is 1.83. The average Bonchev–Trinajstić information content (AvgIpc) is 3.03. The van der Waals surface area contributed by atoms with Gasteiger partial charge in [0.05, 0.1) is 10.6 Å². The number of carbonyl (C=O) groups is 2.